The average molecular weight is 828 g/mol. The van der Waals surface area contributed by atoms with Crippen molar-refractivity contribution in [2.45, 2.75) is 270 Å². The van der Waals surface area contributed by atoms with E-state index in [0.717, 1.165) is 64.2 Å². The Morgan fingerprint density at radius 3 is 1.31 bits per heavy atom. The van der Waals surface area contributed by atoms with Gasteiger partial charge in [-0.1, -0.05) is 223 Å². The molecule has 0 aliphatic heterocycles. The van der Waals surface area contributed by atoms with Crippen LogP contribution in [-0.2, 0) is 14.3 Å². The molecular weight excluding hydrogens is 731 g/mol. The molecule has 59 heavy (non-hydrogen) atoms. The zero-order chi connectivity index (χ0) is 43.1. The van der Waals surface area contributed by atoms with E-state index >= 15 is 0 Å². The van der Waals surface area contributed by atoms with Crippen molar-refractivity contribution in [1.29, 1.82) is 0 Å². The van der Waals surface area contributed by atoms with Crippen LogP contribution in [0.4, 0.5) is 0 Å². The molecule has 0 aromatic heterocycles. The number of hydrogen-bond donors (Lipinski definition) is 3. The molecule has 0 aromatic carbocycles. The summed E-state index contributed by atoms with van der Waals surface area (Å²) in [5.74, 6) is -0.534. The number of carbonyl (C=O) groups is 2. The summed E-state index contributed by atoms with van der Waals surface area (Å²) >= 11 is 0. The van der Waals surface area contributed by atoms with E-state index in [1.54, 1.807) is 0 Å². The molecule has 1 amide bonds. The van der Waals surface area contributed by atoms with E-state index in [4.69, 9.17) is 4.74 Å². The molecule has 0 heterocycles. The number of aliphatic hydroxyl groups excluding tert-OH is 2. The summed E-state index contributed by atoms with van der Waals surface area (Å²) in [4.78, 5) is 26.1. The second-order valence-electron chi connectivity index (χ2n) is 17.2. The molecule has 0 spiro atoms. The Bertz CT molecular complexity index is 1020. The van der Waals surface area contributed by atoms with Gasteiger partial charge in [-0.3, -0.25) is 9.59 Å². The van der Waals surface area contributed by atoms with Crippen molar-refractivity contribution in [1.82, 2.24) is 5.32 Å². The maximum Gasteiger partial charge on any atom is 0.306 e. The topological polar surface area (TPSA) is 95.9 Å². The van der Waals surface area contributed by atoms with Gasteiger partial charge in [0.1, 0.15) is 6.10 Å². The van der Waals surface area contributed by atoms with E-state index in [0.29, 0.717) is 25.7 Å². The summed E-state index contributed by atoms with van der Waals surface area (Å²) in [6, 6.07) is -0.709. The van der Waals surface area contributed by atoms with E-state index < -0.39 is 18.2 Å². The number of rotatable bonds is 45. The predicted octanol–water partition coefficient (Wildman–Crippen LogP) is 15.1. The van der Waals surface area contributed by atoms with Crippen LogP contribution in [0.5, 0.6) is 0 Å². The van der Waals surface area contributed by atoms with Crippen molar-refractivity contribution in [2.75, 3.05) is 6.61 Å². The van der Waals surface area contributed by atoms with Crippen molar-refractivity contribution < 1.29 is 24.5 Å². The minimum absolute atomic E-state index is 0.0581. The Kier molecular flexibility index (Phi) is 45.1. The third-order valence-electron chi connectivity index (χ3n) is 11.4. The molecule has 344 valence electrons. The average Bonchev–Trinajstić information content (AvgIpc) is 3.23. The van der Waals surface area contributed by atoms with Crippen LogP contribution in [0.3, 0.4) is 0 Å². The normalized spacial score (nSPS) is 13.6. The molecule has 3 atom stereocenters. The first-order valence-electron chi connectivity index (χ1n) is 25.4. The number of amides is 1. The number of aliphatic hydroxyl groups is 2. The van der Waals surface area contributed by atoms with Crippen LogP contribution in [0.25, 0.3) is 0 Å². The maximum atomic E-state index is 13.2. The molecule has 0 bridgehead atoms. The van der Waals surface area contributed by atoms with Gasteiger partial charge in [-0.15, -0.1) is 0 Å². The van der Waals surface area contributed by atoms with E-state index in [9.17, 15) is 19.8 Å². The van der Waals surface area contributed by atoms with Gasteiger partial charge < -0.3 is 20.3 Å². The highest BCUT2D eigenvalue weighted by Crippen LogP contribution is 2.18. The summed E-state index contributed by atoms with van der Waals surface area (Å²) in [6.45, 7) is 6.44. The fraction of sp³-hybridized carbons (Fsp3) is 0.811. The van der Waals surface area contributed by atoms with Crippen molar-refractivity contribution in [3.05, 3.63) is 48.6 Å². The Morgan fingerprint density at radius 2 is 0.864 bits per heavy atom. The molecule has 3 unspecified atom stereocenters. The minimum atomic E-state index is -0.794. The number of esters is 1. The Hall–Kier alpha value is -2.18. The summed E-state index contributed by atoms with van der Waals surface area (Å²) in [6.07, 6.45) is 56.0. The lowest BCUT2D eigenvalue weighted by Crippen LogP contribution is -2.46. The van der Waals surface area contributed by atoms with Crippen LogP contribution >= 0.6 is 0 Å². The molecule has 0 aliphatic carbocycles. The Balaban J connectivity index is 4.64. The third-order valence-corrected chi connectivity index (χ3v) is 11.4. The molecule has 6 heteroatoms. The Morgan fingerprint density at radius 1 is 0.492 bits per heavy atom. The second-order valence-corrected chi connectivity index (χ2v) is 17.2. The van der Waals surface area contributed by atoms with Gasteiger partial charge in [0.2, 0.25) is 5.91 Å². The fourth-order valence-corrected chi connectivity index (χ4v) is 7.54. The summed E-state index contributed by atoms with van der Waals surface area (Å²) < 4.78 is 5.90. The number of ether oxygens (including phenoxy) is 1. The van der Waals surface area contributed by atoms with Crippen LogP contribution in [0.15, 0.2) is 48.6 Å². The van der Waals surface area contributed by atoms with E-state index in [2.05, 4.69) is 74.7 Å². The number of allylic oxidation sites excluding steroid dienone is 8. The zero-order valence-electron chi connectivity index (χ0n) is 39.1. The lowest BCUT2D eigenvalue weighted by molar-refractivity contribution is -0.151. The standard InChI is InChI=1S/C53H97NO5/c1-4-7-10-13-16-19-22-24-25-26-27-28-31-34-37-40-43-46-53(58)59-49(44-41-38-35-32-30-23-20-17-14-11-8-5-2)47-52(57)54-50(48-55)51(56)45-42-39-36-33-29-21-18-15-12-9-6-3/h16,19,24-25,27-28,34,37,49-51,55-56H,4-15,17-18,20-23,26,29-33,35-36,38-48H2,1-3H3,(H,54,57)/b19-16-,25-24-,28-27-,37-34-. The van der Waals surface area contributed by atoms with Crippen LogP contribution in [0, 0.1) is 0 Å². The zero-order valence-corrected chi connectivity index (χ0v) is 39.1. The van der Waals surface area contributed by atoms with Crippen molar-refractivity contribution >= 4 is 11.9 Å². The van der Waals surface area contributed by atoms with Crippen LogP contribution < -0.4 is 5.32 Å². The fourth-order valence-electron chi connectivity index (χ4n) is 7.54. The highest BCUT2D eigenvalue weighted by atomic mass is 16.5. The van der Waals surface area contributed by atoms with Crippen molar-refractivity contribution in [3.63, 3.8) is 0 Å². The molecule has 6 nitrogen and oxygen atoms in total. The third kappa shape index (κ3) is 42.3. The van der Waals surface area contributed by atoms with Crippen molar-refractivity contribution in [2.24, 2.45) is 0 Å². The van der Waals surface area contributed by atoms with E-state index in [-0.39, 0.29) is 24.9 Å². The lowest BCUT2D eigenvalue weighted by atomic mass is 10.0. The van der Waals surface area contributed by atoms with Crippen LogP contribution in [-0.4, -0.2) is 46.9 Å². The molecule has 0 radical (unpaired) electrons. The summed E-state index contributed by atoms with van der Waals surface area (Å²) in [5, 5.41) is 23.7. The lowest BCUT2D eigenvalue weighted by Gasteiger charge is -2.24. The minimum Gasteiger partial charge on any atom is -0.462 e. The molecule has 0 saturated carbocycles. The van der Waals surface area contributed by atoms with Gasteiger partial charge in [-0.25, -0.2) is 0 Å². The molecule has 0 aromatic rings. The SMILES string of the molecule is CCCCC/C=C\C/C=C\C/C=C\C/C=C\CCCC(=O)OC(CCCCCCCCCCCCCC)CC(=O)NC(CO)C(O)CCCCCCCCCCCCC. The quantitative estimate of drug-likeness (QED) is 0.0323. The molecule has 0 aliphatic rings. The van der Waals surface area contributed by atoms with Crippen molar-refractivity contribution in [3.8, 4) is 0 Å². The second kappa shape index (κ2) is 46.9. The van der Waals surface area contributed by atoms with Gasteiger partial charge in [0, 0.05) is 6.42 Å². The Labute approximate surface area is 366 Å². The first kappa shape index (κ1) is 56.8. The number of nitrogens with one attached hydrogen (secondary N) is 1. The predicted molar refractivity (Wildman–Crippen MR) is 255 cm³/mol. The summed E-state index contributed by atoms with van der Waals surface area (Å²) in [7, 11) is 0. The van der Waals surface area contributed by atoms with Gasteiger partial charge in [-0.2, -0.15) is 0 Å². The largest absolute Gasteiger partial charge is 0.462 e. The number of hydrogen-bond acceptors (Lipinski definition) is 5. The monoisotopic (exact) mass is 828 g/mol. The first-order chi connectivity index (χ1) is 29.0. The molecule has 0 fully saturated rings. The molecule has 0 rings (SSSR count). The first-order valence-corrected chi connectivity index (χ1v) is 25.4. The number of unbranched alkanes of at least 4 members (excludes halogenated alkanes) is 25. The van der Waals surface area contributed by atoms with Gasteiger partial charge >= 0.3 is 5.97 Å². The molecule has 3 N–H and O–H groups in total. The number of carbonyl (C=O) groups excluding carboxylic acids is 2. The van der Waals surface area contributed by atoms with Gasteiger partial charge in [0.15, 0.2) is 0 Å². The van der Waals surface area contributed by atoms with Gasteiger partial charge in [0.25, 0.3) is 0 Å². The van der Waals surface area contributed by atoms with E-state index in [1.165, 1.54) is 135 Å². The maximum absolute atomic E-state index is 13.2. The van der Waals surface area contributed by atoms with Gasteiger partial charge in [0.05, 0.1) is 25.2 Å². The van der Waals surface area contributed by atoms with Gasteiger partial charge in [-0.05, 0) is 64.2 Å². The molecule has 0 saturated heterocycles. The van der Waals surface area contributed by atoms with Crippen LogP contribution in [0.2, 0.25) is 0 Å². The molecular formula is C53H97NO5. The highest BCUT2D eigenvalue weighted by molar-refractivity contribution is 5.77. The van der Waals surface area contributed by atoms with Crippen LogP contribution in [0.1, 0.15) is 252 Å². The summed E-state index contributed by atoms with van der Waals surface area (Å²) in [5.41, 5.74) is 0. The van der Waals surface area contributed by atoms with E-state index in [1.807, 2.05) is 0 Å². The smallest absolute Gasteiger partial charge is 0.306 e. The highest BCUT2D eigenvalue weighted by Gasteiger charge is 2.24.